The van der Waals surface area contributed by atoms with Crippen molar-refractivity contribution in [2.75, 3.05) is 20.3 Å². The van der Waals surface area contributed by atoms with Crippen LogP contribution in [0.25, 0.3) is 0 Å². The van der Waals surface area contributed by atoms with Crippen molar-refractivity contribution >= 4 is 12.1 Å². The van der Waals surface area contributed by atoms with E-state index in [2.05, 4.69) is 0 Å². The summed E-state index contributed by atoms with van der Waals surface area (Å²) in [5.74, 6) is -0.207. The maximum absolute atomic E-state index is 12.2. The second-order valence-corrected chi connectivity index (χ2v) is 6.12. The second-order valence-electron chi connectivity index (χ2n) is 6.12. The first kappa shape index (κ1) is 16.8. The molecule has 0 aromatic heterocycles. The number of rotatable bonds is 3. The van der Waals surface area contributed by atoms with Crippen LogP contribution in [-0.2, 0) is 14.3 Å². The fraction of sp³-hybridized carbons (Fsp3) is 0.857. The number of hydrogen-bond acceptors (Lipinski definition) is 5. The lowest BCUT2D eigenvalue weighted by Crippen LogP contribution is -2.52. The van der Waals surface area contributed by atoms with Crippen molar-refractivity contribution < 1.29 is 24.2 Å². The van der Waals surface area contributed by atoms with Gasteiger partial charge < -0.3 is 14.6 Å². The lowest BCUT2D eigenvalue weighted by atomic mass is 9.89. The Balaban J connectivity index is 2.77. The molecular formula is C14H25NO5. The number of nitrogens with zero attached hydrogens (tertiary/aromatic N) is 1. The van der Waals surface area contributed by atoms with E-state index in [4.69, 9.17) is 14.6 Å². The van der Waals surface area contributed by atoms with Crippen LogP contribution in [-0.4, -0.2) is 54.0 Å². The van der Waals surface area contributed by atoms with Gasteiger partial charge in [-0.1, -0.05) is 0 Å². The van der Waals surface area contributed by atoms with Crippen molar-refractivity contribution in [3.05, 3.63) is 0 Å². The molecule has 0 spiro atoms. The van der Waals surface area contributed by atoms with Crippen LogP contribution in [0.1, 0.15) is 40.0 Å². The van der Waals surface area contributed by atoms with Gasteiger partial charge in [-0.05, 0) is 46.0 Å². The number of aliphatic hydroxyl groups excluding tert-OH is 1. The molecule has 0 bridgehead atoms. The Morgan fingerprint density at radius 2 is 2.00 bits per heavy atom. The topological polar surface area (TPSA) is 76.1 Å². The molecule has 1 N–H and O–H groups in total. The standard InChI is InChI=1S/C14H25NO5/c1-14(2,3)20-13(18)15-7-5-10(6-8-16)9-11(15)12(17)19-4/h10-11,16H,5-9H2,1-4H3/t10-,11-/m1/s1. The van der Waals surface area contributed by atoms with Crippen molar-refractivity contribution in [2.24, 2.45) is 5.92 Å². The number of amides is 1. The molecule has 1 amide bonds. The predicted octanol–water partition coefficient (Wildman–Crippen LogP) is 1.56. The Labute approximate surface area is 120 Å². The number of hydrogen-bond donors (Lipinski definition) is 1. The highest BCUT2D eigenvalue weighted by atomic mass is 16.6. The molecule has 6 heteroatoms. The smallest absolute Gasteiger partial charge is 0.411 e. The minimum Gasteiger partial charge on any atom is -0.467 e. The van der Waals surface area contributed by atoms with Crippen molar-refractivity contribution in [1.29, 1.82) is 0 Å². The third-order valence-corrected chi connectivity index (χ3v) is 3.35. The van der Waals surface area contributed by atoms with Gasteiger partial charge in [-0.25, -0.2) is 9.59 Å². The summed E-state index contributed by atoms with van der Waals surface area (Å²) in [5, 5.41) is 9.01. The molecule has 1 saturated heterocycles. The van der Waals surface area contributed by atoms with Crippen LogP contribution in [0.2, 0.25) is 0 Å². The van der Waals surface area contributed by atoms with Gasteiger partial charge in [-0.2, -0.15) is 0 Å². The molecule has 1 fully saturated rings. The molecule has 2 atom stereocenters. The number of carbonyl (C=O) groups is 2. The van der Waals surface area contributed by atoms with Gasteiger partial charge in [0.2, 0.25) is 0 Å². The molecule has 0 aromatic rings. The molecule has 20 heavy (non-hydrogen) atoms. The average Bonchev–Trinajstić information content (AvgIpc) is 2.36. The summed E-state index contributed by atoms with van der Waals surface area (Å²) < 4.78 is 10.1. The van der Waals surface area contributed by atoms with Crippen LogP contribution < -0.4 is 0 Å². The fourth-order valence-corrected chi connectivity index (χ4v) is 2.38. The van der Waals surface area contributed by atoms with Crippen LogP contribution in [0.4, 0.5) is 4.79 Å². The Morgan fingerprint density at radius 1 is 1.35 bits per heavy atom. The molecule has 0 aromatic carbocycles. The Morgan fingerprint density at radius 3 is 2.50 bits per heavy atom. The van der Waals surface area contributed by atoms with Gasteiger partial charge in [0, 0.05) is 13.2 Å². The van der Waals surface area contributed by atoms with Gasteiger partial charge in [-0.3, -0.25) is 4.90 Å². The van der Waals surface area contributed by atoms with Crippen LogP contribution in [0.3, 0.4) is 0 Å². The molecule has 0 saturated carbocycles. The molecule has 1 rings (SSSR count). The van der Waals surface area contributed by atoms with Crippen molar-refractivity contribution in [1.82, 2.24) is 4.90 Å². The van der Waals surface area contributed by atoms with Crippen molar-refractivity contribution in [3.63, 3.8) is 0 Å². The summed E-state index contributed by atoms with van der Waals surface area (Å²) in [4.78, 5) is 25.5. The number of carbonyl (C=O) groups excluding carboxylic acids is 2. The first-order valence-corrected chi connectivity index (χ1v) is 6.96. The molecule has 1 heterocycles. The van der Waals surface area contributed by atoms with E-state index in [9.17, 15) is 9.59 Å². The van der Waals surface area contributed by atoms with E-state index in [0.717, 1.165) is 6.42 Å². The number of esters is 1. The van der Waals surface area contributed by atoms with Gasteiger partial charge >= 0.3 is 12.1 Å². The summed E-state index contributed by atoms with van der Waals surface area (Å²) in [5.41, 5.74) is -0.598. The quantitative estimate of drug-likeness (QED) is 0.797. The molecule has 116 valence electrons. The van der Waals surface area contributed by atoms with E-state index in [1.165, 1.54) is 12.0 Å². The Hall–Kier alpha value is -1.30. The number of aliphatic hydroxyl groups is 1. The summed E-state index contributed by atoms with van der Waals surface area (Å²) in [6, 6.07) is -0.625. The number of methoxy groups -OCH3 is 1. The molecule has 1 aliphatic heterocycles. The van der Waals surface area contributed by atoms with Crippen LogP contribution >= 0.6 is 0 Å². The Kier molecular flexibility index (Phi) is 5.80. The normalized spacial score (nSPS) is 23.4. The van der Waals surface area contributed by atoms with Gasteiger partial charge in [0.25, 0.3) is 0 Å². The zero-order chi connectivity index (χ0) is 15.3. The van der Waals surface area contributed by atoms with Gasteiger partial charge in [-0.15, -0.1) is 0 Å². The first-order chi connectivity index (χ1) is 9.28. The molecule has 6 nitrogen and oxygen atoms in total. The number of ether oxygens (including phenoxy) is 2. The lowest BCUT2D eigenvalue weighted by Gasteiger charge is -2.38. The summed E-state index contributed by atoms with van der Waals surface area (Å²) in [7, 11) is 1.31. The summed E-state index contributed by atoms with van der Waals surface area (Å²) in [6.07, 6.45) is 1.41. The average molecular weight is 287 g/mol. The maximum Gasteiger partial charge on any atom is 0.411 e. The highest BCUT2D eigenvalue weighted by Crippen LogP contribution is 2.27. The number of piperidine rings is 1. The zero-order valence-electron chi connectivity index (χ0n) is 12.7. The molecule has 1 aliphatic rings. The monoisotopic (exact) mass is 287 g/mol. The molecule has 0 aliphatic carbocycles. The minimum absolute atomic E-state index is 0.0883. The summed E-state index contributed by atoms with van der Waals surface area (Å²) in [6.45, 7) is 5.90. The van der Waals surface area contributed by atoms with E-state index in [0.29, 0.717) is 19.4 Å². The van der Waals surface area contributed by atoms with E-state index >= 15 is 0 Å². The van der Waals surface area contributed by atoms with Crippen LogP contribution in [0.5, 0.6) is 0 Å². The van der Waals surface area contributed by atoms with E-state index < -0.39 is 23.7 Å². The zero-order valence-corrected chi connectivity index (χ0v) is 12.7. The minimum atomic E-state index is -0.625. The highest BCUT2D eigenvalue weighted by Gasteiger charge is 2.38. The maximum atomic E-state index is 12.2. The third kappa shape index (κ3) is 4.67. The van der Waals surface area contributed by atoms with Gasteiger partial charge in [0.05, 0.1) is 7.11 Å². The SMILES string of the molecule is COC(=O)[C@H]1C[C@@H](CCO)CCN1C(=O)OC(C)(C)C. The van der Waals surface area contributed by atoms with Gasteiger partial charge in [0.15, 0.2) is 0 Å². The lowest BCUT2D eigenvalue weighted by molar-refractivity contribution is -0.149. The van der Waals surface area contributed by atoms with E-state index in [1.54, 1.807) is 20.8 Å². The molecule has 0 unspecified atom stereocenters. The van der Waals surface area contributed by atoms with E-state index in [1.807, 2.05) is 0 Å². The number of likely N-dealkylation sites (tertiary alicyclic amines) is 1. The molecule has 0 radical (unpaired) electrons. The van der Waals surface area contributed by atoms with Gasteiger partial charge in [0.1, 0.15) is 11.6 Å². The van der Waals surface area contributed by atoms with Crippen molar-refractivity contribution in [2.45, 2.75) is 51.7 Å². The summed E-state index contributed by atoms with van der Waals surface area (Å²) >= 11 is 0. The predicted molar refractivity (Wildman–Crippen MR) is 73.2 cm³/mol. The Bertz CT molecular complexity index is 350. The second kappa shape index (κ2) is 6.92. The fourth-order valence-electron chi connectivity index (χ4n) is 2.38. The largest absolute Gasteiger partial charge is 0.467 e. The molecular weight excluding hydrogens is 262 g/mol. The highest BCUT2D eigenvalue weighted by molar-refractivity contribution is 5.81. The van der Waals surface area contributed by atoms with E-state index in [-0.39, 0.29) is 12.5 Å². The van der Waals surface area contributed by atoms with Crippen LogP contribution in [0, 0.1) is 5.92 Å². The van der Waals surface area contributed by atoms with Crippen LogP contribution in [0.15, 0.2) is 0 Å². The first-order valence-electron chi connectivity index (χ1n) is 6.96. The van der Waals surface area contributed by atoms with Crippen molar-refractivity contribution in [3.8, 4) is 0 Å². The third-order valence-electron chi connectivity index (χ3n) is 3.35.